The van der Waals surface area contributed by atoms with Crippen molar-refractivity contribution in [2.24, 2.45) is 5.92 Å². The minimum atomic E-state index is -0.559. The molecule has 3 amide bonds. The zero-order valence-corrected chi connectivity index (χ0v) is 21.6. The van der Waals surface area contributed by atoms with E-state index in [1.807, 2.05) is 25.7 Å². The van der Waals surface area contributed by atoms with Gasteiger partial charge in [-0.1, -0.05) is 11.3 Å². The van der Waals surface area contributed by atoms with E-state index in [0.29, 0.717) is 57.5 Å². The van der Waals surface area contributed by atoms with Crippen molar-refractivity contribution in [2.45, 2.75) is 32.8 Å². The van der Waals surface area contributed by atoms with Crippen molar-refractivity contribution in [1.29, 1.82) is 0 Å². The topological polar surface area (TPSA) is 108 Å². The molecule has 4 heterocycles. The molecule has 1 N–H and O–H groups in total. The van der Waals surface area contributed by atoms with Crippen LogP contribution in [-0.2, 0) is 19.1 Å². The number of carbonyl (C=O) groups excluding carboxylic acids is 3. The van der Waals surface area contributed by atoms with Gasteiger partial charge in [0.25, 0.3) is 0 Å². The Bertz CT molecular complexity index is 904. The highest BCUT2D eigenvalue weighted by Crippen LogP contribution is 2.29. The van der Waals surface area contributed by atoms with Gasteiger partial charge in [-0.3, -0.25) is 14.5 Å². The molecule has 4 rings (SSSR count). The molecule has 3 fully saturated rings. The molecular weight excluding hydrogens is 472 g/mol. The van der Waals surface area contributed by atoms with Crippen LogP contribution in [0, 0.1) is 5.92 Å². The summed E-state index contributed by atoms with van der Waals surface area (Å²) in [7, 11) is 0. The number of hydrogen-bond donors (Lipinski definition) is 1. The Morgan fingerprint density at radius 2 is 1.80 bits per heavy atom. The van der Waals surface area contributed by atoms with Crippen molar-refractivity contribution < 1.29 is 23.9 Å². The molecule has 3 aliphatic heterocycles. The first kappa shape index (κ1) is 25.6. The second kappa shape index (κ2) is 11.1. The number of likely N-dealkylation sites (tertiary alicyclic amines) is 1. The number of morpholine rings is 1. The molecule has 1 aromatic heterocycles. The van der Waals surface area contributed by atoms with Gasteiger partial charge in [-0.05, 0) is 27.2 Å². The first-order valence-corrected chi connectivity index (χ1v) is 13.1. The largest absolute Gasteiger partial charge is 0.444 e. The second-order valence-corrected chi connectivity index (χ2v) is 11.2. The van der Waals surface area contributed by atoms with Gasteiger partial charge in [0.1, 0.15) is 10.6 Å². The van der Waals surface area contributed by atoms with Crippen molar-refractivity contribution in [2.75, 3.05) is 82.3 Å². The van der Waals surface area contributed by atoms with E-state index in [9.17, 15) is 14.4 Å². The van der Waals surface area contributed by atoms with Crippen LogP contribution in [0.15, 0.2) is 6.20 Å². The Balaban J connectivity index is 1.21. The van der Waals surface area contributed by atoms with Crippen LogP contribution >= 0.6 is 11.3 Å². The lowest BCUT2D eigenvalue weighted by Gasteiger charge is -2.36. The average Bonchev–Trinajstić information content (AvgIpc) is 3.49. The van der Waals surface area contributed by atoms with Gasteiger partial charge in [-0.2, -0.15) is 0 Å². The van der Waals surface area contributed by atoms with E-state index in [1.54, 1.807) is 11.1 Å². The Labute approximate surface area is 210 Å². The molecule has 12 heteroatoms. The number of amides is 3. The Kier molecular flexibility index (Phi) is 8.12. The first-order valence-electron chi connectivity index (χ1n) is 12.3. The fraction of sp³-hybridized carbons (Fsp3) is 0.739. The summed E-state index contributed by atoms with van der Waals surface area (Å²) in [5.41, 5.74) is -0.559. The molecule has 1 aromatic rings. The highest BCUT2D eigenvalue weighted by atomic mass is 32.1. The predicted octanol–water partition coefficient (Wildman–Crippen LogP) is 1.32. The lowest BCUT2D eigenvalue weighted by Crippen LogP contribution is -2.52. The molecule has 0 spiro atoms. The number of rotatable bonds is 5. The van der Waals surface area contributed by atoms with Crippen molar-refractivity contribution >= 4 is 39.4 Å². The Morgan fingerprint density at radius 3 is 2.49 bits per heavy atom. The molecule has 0 unspecified atom stereocenters. The van der Waals surface area contributed by atoms with Gasteiger partial charge in [0.15, 0.2) is 5.13 Å². The van der Waals surface area contributed by atoms with Crippen LogP contribution in [0.5, 0.6) is 0 Å². The molecule has 0 saturated carbocycles. The minimum absolute atomic E-state index is 0.129. The molecule has 11 nitrogen and oxygen atoms in total. The summed E-state index contributed by atoms with van der Waals surface area (Å²) in [6.45, 7) is 12.6. The van der Waals surface area contributed by atoms with Crippen LogP contribution in [-0.4, -0.2) is 115 Å². The second-order valence-electron chi connectivity index (χ2n) is 10.2. The summed E-state index contributed by atoms with van der Waals surface area (Å²) in [5, 5.41) is 4.43. The highest BCUT2D eigenvalue weighted by molar-refractivity contribution is 7.19. The van der Waals surface area contributed by atoms with Crippen LogP contribution in [0.2, 0.25) is 0 Å². The van der Waals surface area contributed by atoms with Crippen molar-refractivity contribution in [1.82, 2.24) is 19.7 Å². The van der Waals surface area contributed by atoms with Gasteiger partial charge in [-0.25, -0.2) is 9.78 Å². The van der Waals surface area contributed by atoms with E-state index >= 15 is 0 Å². The van der Waals surface area contributed by atoms with E-state index in [-0.39, 0.29) is 23.8 Å². The van der Waals surface area contributed by atoms with Crippen LogP contribution in [0.3, 0.4) is 0 Å². The fourth-order valence-electron chi connectivity index (χ4n) is 4.37. The van der Waals surface area contributed by atoms with Crippen LogP contribution in [0.4, 0.5) is 14.9 Å². The maximum absolute atomic E-state index is 12.7. The van der Waals surface area contributed by atoms with Crippen molar-refractivity contribution in [3.63, 3.8) is 0 Å². The van der Waals surface area contributed by atoms with Gasteiger partial charge in [-0.15, -0.1) is 0 Å². The van der Waals surface area contributed by atoms with Crippen LogP contribution in [0.1, 0.15) is 27.2 Å². The summed E-state index contributed by atoms with van der Waals surface area (Å²) in [6.07, 6.45) is 1.99. The third-order valence-corrected chi connectivity index (χ3v) is 7.31. The molecule has 0 bridgehead atoms. The first-order chi connectivity index (χ1) is 16.7. The molecular formula is C23H36N6O5S. The summed E-state index contributed by atoms with van der Waals surface area (Å²) in [5.74, 6) is -0.243. The number of nitrogens with one attached hydrogen (secondary N) is 1. The number of ether oxygens (including phenoxy) is 2. The maximum Gasteiger partial charge on any atom is 0.410 e. The van der Waals surface area contributed by atoms with E-state index in [2.05, 4.69) is 20.1 Å². The van der Waals surface area contributed by atoms with Crippen molar-refractivity contribution in [3.05, 3.63) is 6.20 Å². The molecule has 0 radical (unpaired) electrons. The average molecular weight is 509 g/mol. The van der Waals surface area contributed by atoms with Crippen molar-refractivity contribution in [3.8, 4) is 0 Å². The Hall–Kier alpha value is -2.44. The third-order valence-electron chi connectivity index (χ3n) is 6.34. The van der Waals surface area contributed by atoms with E-state index < -0.39 is 5.60 Å². The summed E-state index contributed by atoms with van der Waals surface area (Å²) >= 11 is 1.43. The summed E-state index contributed by atoms with van der Waals surface area (Å²) in [4.78, 5) is 49.9. The number of nitrogens with zero attached hydrogens (tertiary/aromatic N) is 5. The summed E-state index contributed by atoms with van der Waals surface area (Å²) < 4.78 is 10.8. The molecule has 3 aliphatic rings. The molecule has 3 saturated heterocycles. The van der Waals surface area contributed by atoms with Gasteiger partial charge in [0.2, 0.25) is 11.8 Å². The number of hydrogen-bond acceptors (Lipinski definition) is 9. The summed E-state index contributed by atoms with van der Waals surface area (Å²) in [6, 6.07) is 0. The van der Waals surface area contributed by atoms with Gasteiger partial charge in [0.05, 0.1) is 31.9 Å². The smallest absolute Gasteiger partial charge is 0.410 e. The van der Waals surface area contributed by atoms with Gasteiger partial charge < -0.3 is 29.5 Å². The molecule has 0 aliphatic carbocycles. The lowest BCUT2D eigenvalue weighted by atomic mass is 10.1. The van der Waals surface area contributed by atoms with Crippen LogP contribution < -0.4 is 10.2 Å². The molecule has 1 atom stereocenters. The zero-order chi connectivity index (χ0) is 25.0. The number of carbonyl (C=O) groups is 3. The number of thiazole rings is 1. The van der Waals surface area contributed by atoms with Gasteiger partial charge in [0, 0.05) is 52.4 Å². The number of anilines is 2. The monoisotopic (exact) mass is 508 g/mol. The van der Waals surface area contributed by atoms with E-state index in [4.69, 9.17) is 9.47 Å². The molecule has 35 heavy (non-hydrogen) atoms. The third kappa shape index (κ3) is 7.05. The number of aromatic nitrogens is 1. The minimum Gasteiger partial charge on any atom is -0.444 e. The zero-order valence-electron chi connectivity index (χ0n) is 20.8. The SMILES string of the molecule is CC(C)(C)OC(=O)N1CC[C@H](C(=O)Nc2ncc(N3CCN(C(=O)CN4CCOCC4)CC3)s2)C1. The number of piperazine rings is 1. The standard InChI is InChI=1S/C23H36N6O5S/c1-23(2,3)34-22(32)29-5-4-17(15-29)20(31)25-21-24-14-19(35-21)28-8-6-27(7-9-28)18(30)16-26-10-12-33-13-11-26/h14,17H,4-13,15-16H2,1-3H3,(H,24,25,31)/t17-/m0/s1. The molecule has 0 aromatic carbocycles. The van der Waals surface area contributed by atoms with Crippen LogP contribution in [0.25, 0.3) is 0 Å². The van der Waals surface area contributed by atoms with E-state index in [0.717, 1.165) is 31.2 Å². The predicted molar refractivity (Wildman–Crippen MR) is 133 cm³/mol. The van der Waals surface area contributed by atoms with Gasteiger partial charge >= 0.3 is 6.09 Å². The highest BCUT2D eigenvalue weighted by Gasteiger charge is 2.34. The van der Waals surface area contributed by atoms with E-state index in [1.165, 1.54) is 11.3 Å². The fourth-order valence-corrected chi connectivity index (χ4v) is 5.24. The normalized spacial score (nSPS) is 21.8. The quantitative estimate of drug-likeness (QED) is 0.635. The Morgan fingerprint density at radius 1 is 1.09 bits per heavy atom. The lowest BCUT2D eigenvalue weighted by molar-refractivity contribution is -0.133. The molecule has 194 valence electrons. The maximum atomic E-state index is 12.7.